The van der Waals surface area contributed by atoms with Crippen molar-refractivity contribution in [2.24, 2.45) is 0 Å². The lowest BCUT2D eigenvalue weighted by Crippen LogP contribution is -2.19. The smallest absolute Gasteiger partial charge is 0.285 e. The molecule has 0 amide bonds. The molecule has 0 spiro atoms. The van der Waals surface area contributed by atoms with Crippen LogP contribution in [0.3, 0.4) is 0 Å². The average Bonchev–Trinajstić information content (AvgIpc) is 2.99. The highest BCUT2D eigenvalue weighted by molar-refractivity contribution is 5.58. The van der Waals surface area contributed by atoms with E-state index in [2.05, 4.69) is 5.16 Å². The van der Waals surface area contributed by atoms with Gasteiger partial charge < -0.3 is 9.09 Å². The van der Waals surface area contributed by atoms with E-state index in [0.29, 0.717) is 11.5 Å². The summed E-state index contributed by atoms with van der Waals surface area (Å²) in [6.45, 7) is 0.0837. The molecule has 0 bridgehead atoms. The van der Waals surface area contributed by atoms with Gasteiger partial charge in [0.15, 0.2) is 5.76 Å². The number of benzene rings is 1. The number of nitro groups is 1. The van der Waals surface area contributed by atoms with E-state index in [9.17, 15) is 14.9 Å². The molecular weight excluding hydrogens is 286 g/mol. The summed E-state index contributed by atoms with van der Waals surface area (Å²) >= 11 is 0. The van der Waals surface area contributed by atoms with Gasteiger partial charge in [0.05, 0.1) is 17.7 Å². The van der Waals surface area contributed by atoms with Crippen molar-refractivity contribution in [1.82, 2.24) is 9.72 Å². The maximum absolute atomic E-state index is 11.8. The summed E-state index contributed by atoms with van der Waals surface area (Å²) < 4.78 is 6.41. The number of aromatic nitrogens is 2. The molecule has 2 aromatic heterocycles. The van der Waals surface area contributed by atoms with E-state index < -0.39 is 4.92 Å². The average molecular weight is 297 g/mol. The van der Waals surface area contributed by atoms with Crippen LogP contribution < -0.4 is 5.56 Å². The minimum Gasteiger partial charge on any atom is -0.359 e. The van der Waals surface area contributed by atoms with Crippen LogP contribution in [0.4, 0.5) is 5.69 Å². The van der Waals surface area contributed by atoms with Gasteiger partial charge in [0.25, 0.3) is 11.2 Å². The van der Waals surface area contributed by atoms with E-state index >= 15 is 0 Å². The Morgan fingerprint density at radius 2 is 1.95 bits per heavy atom. The van der Waals surface area contributed by atoms with Crippen molar-refractivity contribution in [2.45, 2.75) is 6.54 Å². The summed E-state index contributed by atoms with van der Waals surface area (Å²) in [5, 5.41) is 14.7. The zero-order chi connectivity index (χ0) is 15.5. The van der Waals surface area contributed by atoms with Crippen molar-refractivity contribution in [3.8, 4) is 11.3 Å². The van der Waals surface area contributed by atoms with Gasteiger partial charge in [0.2, 0.25) is 0 Å². The number of hydrogen-bond acceptors (Lipinski definition) is 5. The van der Waals surface area contributed by atoms with Crippen LogP contribution in [0, 0.1) is 10.1 Å². The van der Waals surface area contributed by atoms with Gasteiger partial charge in [-0.15, -0.1) is 0 Å². The van der Waals surface area contributed by atoms with Crippen molar-refractivity contribution >= 4 is 5.69 Å². The van der Waals surface area contributed by atoms with E-state index in [0.717, 1.165) is 11.6 Å². The number of rotatable bonds is 4. The quantitative estimate of drug-likeness (QED) is 0.545. The Morgan fingerprint density at radius 1 is 1.18 bits per heavy atom. The summed E-state index contributed by atoms with van der Waals surface area (Å²) in [6.07, 6.45) is 1.19. The molecular formula is C15H11N3O4. The Bertz CT molecular complexity index is 868. The lowest BCUT2D eigenvalue weighted by Gasteiger charge is -2.01. The van der Waals surface area contributed by atoms with Crippen LogP contribution in [0.2, 0.25) is 0 Å². The lowest BCUT2D eigenvalue weighted by atomic mass is 10.1. The van der Waals surface area contributed by atoms with Gasteiger partial charge in [0, 0.05) is 23.8 Å². The Morgan fingerprint density at radius 3 is 2.68 bits per heavy atom. The van der Waals surface area contributed by atoms with E-state index in [-0.39, 0.29) is 17.8 Å². The van der Waals surface area contributed by atoms with Gasteiger partial charge in [-0.1, -0.05) is 35.5 Å². The molecule has 0 aliphatic rings. The summed E-state index contributed by atoms with van der Waals surface area (Å²) in [5.41, 5.74) is 1.05. The molecule has 0 saturated carbocycles. The molecule has 110 valence electrons. The molecule has 2 heterocycles. The Kier molecular flexibility index (Phi) is 3.53. The second kappa shape index (κ2) is 5.65. The summed E-state index contributed by atoms with van der Waals surface area (Å²) in [4.78, 5) is 22.0. The first-order valence-corrected chi connectivity index (χ1v) is 6.49. The van der Waals surface area contributed by atoms with Gasteiger partial charge in [-0.05, 0) is 0 Å². The predicted molar refractivity (Wildman–Crippen MR) is 78.4 cm³/mol. The number of pyridine rings is 1. The van der Waals surface area contributed by atoms with Crippen LogP contribution >= 0.6 is 0 Å². The lowest BCUT2D eigenvalue weighted by molar-refractivity contribution is -0.385. The van der Waals surface area contributed by atoms with Crippen molar-refractivity contribution < 1.29 is 9.45 Å². The molecule has 0 aliphatic heterocycles. The minimum absolute atomic E-state index is 0.0837. The molecule has 1 aromatic carbocycles. The predicted octanol–water partition coefficient (Wildman–Crippen LogP) is 2.46. The van der Waals surface area contributed by atoms with Gasteiger partial charge >= 0.3 is 0 Å². The summed E-state index contributed by atoms with van der Waals surface area (Å²) in [6, 6.07) is 13.5. The molecule has 3 rings (SSSR count). The van der Waals surface area contributed by atoms with Crippen molar-refractivity contribution in [3.63, 3.8) is 0 Å². The van der Waals surface area contributed by atoms with Crippen LogP contribution in [0.15, 0.2) is 64.0 Å². The highest BCUT2D eigenvalue weighted by Gasteiger charge is 2.11. The highest BCUT2D eigenvalue weighted by Crippen LogP contribution is 2.19. The van der Waals surface area contributed by atoms with E-state index in [1.165, 1.54) is 16.8 Å². The molecule has 7 nitrogen and oxygen atoms in total. The molecule has 3 aromatic rings. The fourth-order valence-corrected chi connectivity index (χ4v) is 2.05. The standard InChI is InChI=1S/C15H11N3O4/c19-15-7-6-12(18(20)21)9-17(15)10-13-8-14(16-22-13)11-4-2-1-3-5-11/h1-9H,10H2. The van der Waals surface area contributed by atoms with Crippen LogP contribution in [-0.2, 0) is 6.54 Å². The monoisotopic (exact) mass is 297 g/mol. The molecule has 0 radical (unpaired) electrons. The largest absolute Gasteiger partial charge is 0.359 e. The van der Waals surface area contributed by atoms with Gasteiger partial charge in [-0.3, -0.25) is 14.9 Å². The molecule has 0 atom stereocenters. The van der Waals surface area contributed by atoms with Gasteiger partial charge in [-0.2, -0.15) is 0 Å². The number of nitrogens with zero attached hydrogens (tertiary/aromatic N) is 3. The van der Waals surface area contributed by atoms with Crippen LogP contribution in [0.1, 0.15) is 5.76 Å². The van der Waals surface area contributed by atoms with Crippen molar-refractivity contribution in [3.05, 3.63) is 81.0 Å². The molecule has 0 fully saturated rings. The maximum atomic E-state index is 11.8. The molecule has 7 heteroatoms. The van der Waals surface area contributed by atoms with Crippen molar-refractivity contribution in [1.29, 1.82) is 0 Å². The second-order valence-electron chi connectivity index (χ2n) is 4.66. The third kappa shape index (κ3) is 2.78. The van der Waals surface area contributed by atoms with Crippen LogP contribution in [0.25, 0.3) is 11.3 Å². The van der Waals surface area contributed by atoms with Crippen LogP contribution in [0.5, 0.6) is 0 Å². The first-order valence-electron chi connectivity index (χ1n) is 6.49. The van der Waals surface area contributed by atoms with E-state index in [1.807, 2.05) is 30.3 Å². The molecule has 0 saturated heterocycles. The van der Waals surface area contributed by atoms with Crippen LogP contribution in [-0.4, -0.2) is 14.6 Å². The zero-order valence-corrected chi connectivity index (χ0v) is 11.4. The first kappa shape index (κ1) is 13.7. The molecule has 0 aliphatic carbocycles. The highest BCUT2D eigenvalue weighted by atomic mass is 16.6. The summed E-state index contributed by atoms with van der Waals surface area (Å²) in [5.74, 6) is 0.446. The normalized spacial score (nSPS) is 10.5. The van der Waals surface area contributed by atoms with E-state index in [4.69, 9.17) is 4.52 Å². The molecule has 22 heavy (non-hydrogen) atoms. The van der Waals surface area contributed by atoms with Gasteiger partial charge in [0.1, 0.15) is 5.69 Å². The SMILES string of the molecule is O=c1ccc([N+](=O)[O-])cn1Cc1cc(-c2ccccc2)no1. The zero-order valence-electron chi connectivity index (χ0n) is 11.4. The first-order chi connectivity index (χ1) is 10.6. The maximum Gasteiger partial charge on any atom is 0.285 e. The third-order valence-electron chi connectivity index (χ3n) is 3.13. The number of hydrogen-bond donors (Lipinski definition) is 0. The topological polar surface area (TPSA) is 91.2 Å². The molecule has 0 unspecified atom stereocenters. The van der Waals surface area contributed by atoms with E-state index in [1.54, 1.807) is 6.07 Å². The Hall–Kier alpha value is -3.22. The fraction of sp³-hybridized carbons (Fsp3) is 0.0667. The Labute approximate surface area is 124 Å². The summed E-state index contributed by atoms with van der Waals surface area (Å²) in [7, 11) is 0. The van der Waals surface area contributed by atoms with Crippen molar-refractivity contribution in [2.75, 3.05) is 0 Å². The fourth-order valence-electron chi connectivity index (χ4n) is 2.05. The Balaban J connectivity index is 1.88. The van der Waals surface area contributed by atoms with Gasteiger partial charge in [-0.25, -0.2) is 0 Å². The molecule has 0 N–H and O–H groups in total. The minimum atomic E-state index is -0.550. The third-order valence-corrected chi connectivity index (χ3v) is 3.13. The second-order valence-corrected chi connectivity index (χ2v) is 4.66.